The van der Waals surface area contributed by atoms with Crippen molar-refractivity contribution in [1.29, 1.82) is 0 Å². The van der Waals surface area contributed by atoms with E-state index in [1.807, 2.05) is 18.2 Å². The van der Waals surface area contributed by atoms with Crippen LogP contribution >= 0.6 is 27.5 Å². The summed E-state index contributed by atoms with van der Waals surface area (Å²) in [7, 11) is 0. The summed E-state index contributed by atoms with van der Waals surface area (Å²) in [6, 6.07) is 12.3. The number of nitrogens with two attached hydrogens (primary N) is 1. The van der Waals surface area contributed by atoms with Crippen molar-refractivity contribution in [2.75, 3.05) is 0 Å². The molecular formula is C16H18BrClN2. The molecule has 1 unspecified atom stereocenters. The van der Waals surface area contributed by atoms with E-state index in [1.54, 1.807) is 0 Å². The Morgan fingerprint density at radius 1 is 1.20 bits per heavy atom. The molecule has 2 nitrogen and oxygen atoms in total. The Labute approximate surface area is 133 Å². The first-order valence-electron chi connectivity index (χ1n) is 6.48. The van der Waals surface area contributed by atoms with E-state index in [1.165, 1.54) is 16.7 Å². The Kier molecular flexibility index (Phi) is 5.22. The van der Waals surface area contributed by atoms with Gasteiger partial charge in [0.15, 0.2) is 0 Å². The van der Waals surface area contributed by atoms with Gasteiger partial charge in [0.2, 0.25) is 0 Å². The van der Waals surface area contributed by atoms with Crippen LogP contribution in [0, 0.1) is 13.8 Å². The van der Waals surface area contributed by atoms with Gasteiger partial charge in [0, 0.05) is 9.50 Å². The monoisotopic (exact) mass is 352 g/mol. The molecule has 3 N–H and O–H groups in total. The summed E-state index contributed by atoms with van der Waals surface area (Å²) in [4.78, 5) is 0. The first-order chi connectivity index (χ1) is 9.51. The zero-order valence-electron chi connectivity index (χ0n) is 11.6. The van der Waals surface area contributed by atoms with Gasteiger partial charge in [0.25, 0.3) is 0 Å². The molecule has 0 bridgehead atoms. The maximum absolute atomic E-state index is 5.99. The molecule has 0 aliphatic carbocycles. The van der Waals surface area contributed by atoms with Crippen LogP contribution in [-0.4, -0.2) is 0 Å². The van der Waals surface area contributed by atoms with E-state index in [4.69, 9.17) is 17.4 Å². The lowest BCUT2D eigenvalue weighted by Crippen LogP contribution is -2.30. The SMILES string of the molecule is Cc1ccc(C)c(CC(NN)c2ccc(Cl)cc2Br)c1. The molecule has 106 valence electrons. The molecule has 0 radical (unpaired) electrons. The van der Waals surface area contributed by atoms with Crippen molar-refractivity contribution in [1.82, 2.24) is 5.43 Å². The first-order valence-corrected chi connectivity index (χ1v) is 7.65. The highest BCUT2D eigenvalue weighted by Crippen LogP contribution is 2.29. The summed E-state index contributed by atoms with van der Waals surface area (Å²) in [6.45, 7) is 4.23. The second-order valence-corrected chi connectivity index (χ2v) is 6.31. The smallest absolute Gasteiger partial charge is 0.0511 e. The van der Waals surface area contributed by atoms with Crippen LogP contribution in [0.25, 0.3) is 0 Å². The van der Waals surface area contributed by atoms with Crippen LogP contribution in [0.1, 0.15) is 28.3 Å². The zero-order chi connectivity index (χ0) is 14.7. The Morgan fingerprint density at radius 3 is 2.60 bits per heavy atom. The number of benzene rings is 2. The summed E-state index contributed by atoms with van der Waals surface area (Å²) in [5.41, 5.74) is 7.85. The van der Waals surface area contributed by atoms with Crippen molar-refractivity contribution >= 4 is 27.5 Å². The van der Waals surface area contributed by atoms with Gasteiger partial charge in [-0.1, -0.05) is 57.4 Å². The van der Waals surface area contributed by atoms with E-state index in [0.717, 1.165) is 16.5 Å². The van der Waals surface area contributed by atoms with Gasteiger partial charge in [0.05, 0.1) is 6.04 Å². The van der Waals surface area contributed by atoms with Gasteiger partial charge in [-0.25, -0.2) is 0 Å². The highest BCUT2D eigenvalue weighted by atomic mass is 79.9. The van der Waals surface area contributed by atoms with Gasteiger partial charge in [0.1, 0.15) is 0 Å². The average molecular weight is 354 g/mol. The van der Waals surface area contributed by atoms with Gasteiger partial charge >= 0.3 is 0 Å². The van der Waals surface area contributed by atoms with Gasteiger partial charge in [-0.05, 0) is 49.1 Å². The molecule has 2 aromatic rings. The zero-order valence-corrected chi connectivity index (χ0v) is 13.9. The summed E-state index contributed by atoms with van der Waals surface area (Å²) in [5, 5.41) is 0.711. The maximum Gasteiger partial charge on any atom is 0.0511 e. The van der Waals surface area contributed by atoms with Crippen molar-refractivity contribution in [3.05, 3.63) is 68.1 Å². The lowest BCUT2D eigenvalue weighted by Gasteiger charge is -2.19. The van der Waals surface area contributed by atoms with Gasteiger partial charge in [-0.3, -0.25) is 11.3 Å². The largest absolute Gasteiger partial charge is 0.271 e. The van der Waals surface area contributed by atoms with Crippen LogP contribution in [-0.2, 0) is 6.42 Å². The molecule has 2 aromatic carbocycles. The third-order valence-electron chi connectivity index (χ3n) is 3.47. The van der Waals surface area contributed by atoms with E-state index in [-0.39, 0.29) is 6.04 Å². The number of hydrogen-bond donors (Lipinski definition) is 2. The van der Waals surface area contributed by atoms with Crippen LogP contribution in [0.2, 0.25) is 5.02 Å². The lowest BCUT2D eigenvalue weighted by atomic mass is 9.95. The molecule has 2 rings (SSSR count). The minimum atomic E-state index is 0.0436. The first kappa shape index (κ1) is 15.5. The topological polar surface area (TPSA) is 38.0 Å². The van der Waals surface area contributed by atoms with Gasteiger partial charge < -0.3 is 0 Å². The van der Waals surface area contributed by atoms with Gasteiger partial charge in [-0.15, -0.1) is 0 Å². The number of halogens is 2. The molecular weight excluding hydrogens is 336 g/mol. The summed E-state index contributed by atoms with van der Waals surface area (Å²) < 4.78 is 0.971. The summed E-state index contributed by atoms with van der Waals surface area (Å²) in [6.07, 6.45) is 0.838. The number of nitrogens with one attached hydrogen (secondary N) is 1. The average Bonchev–Trinajstić information content (AvgIpc) is 2.40. The highest BCUT2D eigenvalue weighted by Gasteiger charge is 2.15. The fraction of sp³-hybridized carbons (Fsp3) is 0.250. The van der Waals surface area contributed by atoms with E-state index in [2.05, 4.69) is 53.4 Å². The molecule has 20 heavy (non-hydrogen) atoms. The molecule has 0 aromatic heterocycles. The second-order valence-electron chi connectivity index (χ2n) is 5.02. The molecule has 0 spiro atoms. The Morgan fingerprint density at radius 2 is 1.95 bits per heavy atom. The minimum Gasteiger partial charge on any atom is -0.271 e. The van der Waals surface area contributed by atoms with Crippen LogP contribution < -0.4 is 11.3 Å². The standard InChI is InChI=1S/C16H18BrClN2/c1-10-3-4-11(2)12(7-10)8-16(20-19)14-6-5-13(18)9-15(14)17/h3-7,9,16,20H,8,19H2,1-2H3. The fourth-order valence-corrected chi connectivity index (χ4v) is 3.24. The van der Waals surface area contributed by atoms with Crippen LogP contribution in [0.5, 0.6) is 0 Å². The van der Waals surface area contributed by atoms with E-state index in [0.29, 0.717) is 5.02 Å². The number of aryl methyl sites for hydroxylation is 2. The van der Waals surface area contributed by atoms with Crippen molar-refractivity contribution in [2.45, 2.75) is 26.3 Å². The molecule has 0 heterocycles. The Bertz CT molecular complexity index is 613. The lowest BCUT2D eigenvalue weighted by molar-refractivity contribution is 0.549. The molecule has 0 aliphatic rings. The van der Waals surface area contributed by atoms with E-state index < -0.39 is 0 Å². The molecule has 0 saturated carbocycles. The molecule has 1 atom stereocenters. The van der Waals surface area contributed by atoms with Crippen LogP contribution in [0.15, 0.2) is 40.9 Å². The number of hydrogen-bond acceptors (Lipinski definition) is 2. The molecule has 0 fully saturated rings. The highest BCUT2D eigenvalue weighted by molar-refractivity contribution is 9.10. The van der Waals surface area contributed by atoms with E-state index in [9.17, 15) is 0 Å². The number of rotatable bonds is 4. The van der Waals surface area contributed by atoms with Crippen LogP contribution in [0.3, 0.4) is 0 Å². The molecule has 0 aliphatic heterocycles. The van der Waals surface area contributed by atoms with Crippen molar-refractivity contribution in [3.63, 3.8) is 0 Å². The minimum absolute atomic E-state index is 0.0436. The Balaban J connectivity index is 2.31. The molecule has 0 amide bonds. The third-order valence-corrected chi connectivity index (χ3v) is 4.39. The summed E-state index contributed by atoms with van der Waals surface area (Å²) >= 11 is 9.54. The van der Waals surface area contributed by atoms with Crippen molar-refractivity contribution in [3.8, 4) is 0 Å². The maximum atomic E-state index is 5.99. The van der Waals surface area contributed by atoms with Gasteiger partial charge in [-0.2, -0.15) is 0 Å². The molecule has 4 heteroatoms. The normalized spacial score (nSPS) is 12.4. The number of hydrazine groups is 1. The predicted octanol–water partition coefficient (Wildman–Crippen LogP) is 4.47. The quantitative estimate of drug-likeness (QED) is 0.629. The fourth-order valence-electron chi connectivity index (χ4n) is 2.28. The van der Waals surface area contributed by atoms with Crippen LogP contribution in [0.4, 0.5) is 0 Å². The van der Waals surface area contributed by atoms with Crippen molar-refractivity contribution in [2.24, 2.45) is 5.84 Å². The predicted molar refractivity (Wildman–Crippen MR) is 88.8 cm³/mol. The van der Waals surface area contributed by atoms with Crippen molar-refractivity contribution < 1.29 is 0 Å². The second kappa shape index (κ2) is 6.72. The third kappa shape index (κ3) is 3.61. The molecule has 0 saturated heterocycles. The Hall–Kier alpha value is -0.870. The van der Waals surface area contributed by atoms with E-state index >= 15 is 0 Å². The summed E-state index contributed by atoms with van der Waals surface area (Å²) in [5.74, 6) is 5.74.